The summed E-state index contributed by atoms with van der Waals surface area (Å²) in [5.74, 6) is -0.520. The van der Waals surface area contributed by atoms with Crippen molar-refractivity contribution < 1.29 is 14.3 Å². The Hall–Kier alpha value is -3.05. The summed E-state index contributed by atoms with van der Waals surface area (Å²) >= 11 is 5.92. The highest BCUT2D eigenvalue weighted by Gasteiger charge is 2.11. The van der Waals surface area contributed by atoms with Crippen LogP contribution in [0.1, 0.15) is 15.9 Å². The Balaban J connectivity index is 1.52. The third-order valence-electron chi connectivity index (χ3n) is 3.58. The Kier molecular flexibility index (Phi) is 5.16. The van der Waals surface area contributed by atoms with E-state index in [2.05, 4.69) is 10.9 Å². The maximum Gasteiger partial charge on any atom is 0.426 e. The number of halogens is 1. The van der Waals surface area contributed by atoms with Crippen LogP contribution >= 0.6 is 11.6 Å². The molecule has 0 atom stereocenters. The van der Waals surface area contributed by atoms with Crippen molar-refractivity contribution in [3.63, 3.8) is 0 Å². The SMILES string of the molecule is O=C(NNC(=O)c1ccccc1Cl)OCc1ccc2ccccc2c1. The number of nitrogens with one attached hydrogen (secondary N) is 2. The molecule has 0 aliphatic rings. The van der Waals surface area contributed by atoms with E-state index in [-0.39, 0.29) is 12.2 Å². The predicted molar refractivity (Wildman–Crippen MR) is 96.2 cm³/mol. The van der Waals surface area contributed by atoms with Crippen molar-refractivity contribution in [1.29, 1.82) is 0 Å². The maximum atomic E-state index is 11.9. The van der Waals surface area contributed by atoms with E-state index < -0.39 is 12.0 Å². The molecular formula is C19H15ClN2O3. The molecule has 2 amide bonds. The van der Waals surface area contributed by atoms with Crippen molar-refractivity contribution in [1.82, 2.24) is 10.9 Å². The second-order valence-electron chi connectivity index (χ2n) is 5.32. The number of hydrazine groups is 1. The van der Waals surface area contributed by atoms with Crippen LogP contribution in [0.5, 0.6) is 0 Å². The van der Waals surface area contributed by atoms with Crippen molar-refractivity contribution in [2.75, 3.05) is 0 Å². The minimum atomic E-state index is -0.756. The van der Waals surface area contributed by atoms with Gasteiger partial charge >= 0.3 is 6.09 Å². The van der Waals surface area contributed by atoms with Gasteiger partial charge in [0.05, 0.1) is 10.6 Å². The molecule has 6 heteroatoms. The van der Waals surface area contributed by atoms with Crippen molar-refractivity contribution in [2.24, 2.45) is 0 Å². The van der Waals surface area contributed by atoms with E-state index in [9.17, 15) is 9.59 Å². The second-order valence-corrected chi connectivity index (χ2v) is 5.72. The fourth-order valence-electron chi connectivity index (χ4n) is 2.33. The molecule has 25 heavy (non-hydrogen) atoms. The third kappa shape index (κ3) is 4.28. The third-order valence-corrected chi connectivity index (χ3v) is 3.91. The van der Waals surface area contributed by atoms with Crippen LogP contribution in [-0.2, 0) is 11.3 Å². The van der Waals surface area contributed by atoms with Gasteiger partial charge in [0.1, 0.15) is 6.61 Å². The highest BCUT2D eigenvalue weighted by atomic mass is 35.5. The Morgan fingerprint density at radius 3 is 2.40 bits per heavy atom. The van der Waals surface area contributed by atoms with Crippen LogP contribution in [0.25, 0.3) is 10.8 Å². The standard InChI is InChI=1S/C19H15ClN2O3/c20-17-8-4-3-7-16(17)18(23)21-22-19(24)25-12-13-9-10-14-5-1-2-6-15(14)11-13/h1-11H,12H2,(H,21,23)(H,22,24). The molecule has 0 aliphatic carbocycles. The van der Waals surface area contributed by atoms with E-state index in [1.807, 2.05) is 42.5 Å². The molecule has 0 aromatic heterocycles. The van der Waals surface area contributed by atoms with Gasteiger partial charge in [0, 0.05) is 0 Å². The summed E-state index contributed by atoms with van der Waals surface area (Å²) in [4.78, 5) is 23.6. The molecule has 3 aromatic rings. The summed E-state index contributed by atoms with van der Waals surface area (Å²) in [6.45, 7) is 0.0959. The van der Waals surface area contributed by atoms with Gasteiger partial charge in [-0.1, -0.05) is 60.1 Å². The van der Waals surface area contributed by atoms with E-state index in [0.717, 1.165) is 16.3 Å². The van der Waals surface area contributed by atoms with Crippen molar-refractivity contribution in [3.05, 3.63) is 82.9 Å². The van der Waals surface area contributed by atoms with Gasteiger partial charge in [-0.05, 0) is 34.5 Å². The van der Waals surface area contributed by atoms with Crippen LogP contribution < -0.4 is 10.9 Å². The second kappa shape index (κ2) is 7.68. The van der Waals surface area contributed by atoms with Crippen LogP contribution in [0, 0.1) is 0 Å². The molecule has 0 fully saturated rings. The zero-order chi connectivity index (χ0) is 17.6. The van der Waals surface area contributed by atoms with Crippen LogP contribution in [0.4, 0.5) is 4.79 Å². The molecule has 0 unspecified atom stereocenters. The lowest BCUT2D eigenvalue weighted by Gasteiger charge is -2.09. The molecule has 126 valence electrons. The summed E-state index contributed by atoms with van der Waals surface area (Å²) in [6.07, 6.45) is -0.756. The lowest BCUT2D eigenvalue weighted by Crippen LogP contribution is -2.41. The number of hydrogen-bond acceptors (Lipinski definition) is 3. The van der Waals surface area contributed by atoms with Crippen LogP contribution in [0.2, 0.25) is 5.02 Å². The predicted octanol–water partition coefficient (Wildman–Crippen LogP) is 4.06. The number of hydrogen-bond donors (Lipinski definition) is 2. The molecule has 0 radical (unpaired) electrons. The number of carbonyl (C=O) groups excluding carboxylic acids is 2. The fourth-order valence-corrected chi connectivity index (χ4v) is 2.56. The molecule has 3 aromatic carbocycles. The van der Waals surface area contributed by atoms with Gasteiger partial charge < -0.3 is 4.74 Å². The van der Waals surface area contributed by atoms with E-state index in [1.54, 1.807) is 24.3 Å². The first-order chi connectivity index (χ1) is 12.1. The molecule has 0 aliphatic heterocycles. The highest BCUT2D eigenvalue weighted by Crippen LogP contribution is 2.16. The average molecular weight is 355 g/mol. The number of amides is 2. The minimum absolute atomic E-state index is 0.0959. The van der Waals surface area contributed by atoms with Gasteiger partial charge in [0.2, 0.25) is 0 Å². The first kappa shape index (κ1) is 16.8. The minimum Gasteiger partial charge on any atom is -0.443 e. The van der Waals surface area contributed by atoms with E-state index in [4.69, 9.17) is 16.3 Å². The van der Waals surface area contributed by atoms with E-state index >= 15 is 0 Å². The van der Waals surface area contributed by atoms with Crippen LogP contribution in [-0.4, -0.2) is 12.0 Å². The topological polar surface area (TPSA) is 67.4 Å². The molecular weight excluding hydrogens is 340 g/mol. The van der Waals surface area contributed by atoms with E-state index in [1.165, 1.54) is 0 Å². The number of rotatable bonds is 3. The van der Waals surface area contributed by atoms with Gasteiger partial charge in [0.15, 0.2) is 0 Å². The molecule has 5 nitrogen and oxygen atoms in total. The summed E-state index contributed by atoms with van der Waals surface area (Å²) in [7, 11) is 0. The Morgan fingerprint density at radius 2 is 1.60 bits per heavy atom. The molecule has 3 rings (SSSR count). The molecule has 0 heterocycles. The number of ether oxygens (including phenoxy) is 1. The van der Waals surface area contributed by atoms with E-state index in [0.29, 0.717) is 5.02 Å². The molecule has 0 saturated heterocycles. The van der Waals surface area contributed by atoms with Crippen LogP contribution in [0.3, 0.4) is 0 Å². The lowest BCUT2D eigenvalue weighted by molar-refractivity contribution is 0.0905. The summed E-state index contributed by atoms with van der Waals surface area (Å²) in [5, 5.41) is 2.48. The summed E-state index contributed by atoms with van der Waals surface area (Å²) < 4.78 is 5.10. The first-order valence-corrected chi connectivity index (χ1v) is 7.96. The maximum absolute atomic E-state index is 11.9. The lowest BCUT2D eigenvalue weighted by atomic mass is 10.1. The van der Waals surface area contributed by atoms with Gasteiger partial charge in [-0.25, -0.2) is 10.2 Å². The smallest absolute Gasteiger partial charge is 0.426 e. The average Bonchev–Trinajstić information content (AvgIpc) is 2.64. The number of carbonyl (C=O) groups is 2. The molecule has 0 bridgehead atoms. The van der Waals surface area contributed by atoms with Crippen molar-refractivity contribution in [3.8, 4) is 0 Å². The van der Waals surface area contributed by atoms with Crippen molar-refractivity contribution in [2.45, 2.75) is 6.61 Å². The van der Waals surface area contributed by atoms with Gasteiger partial charge in [-0.15, -0.1) is 0 Å². The normalized spacial score (nSPS) is 10.3. The highest BCUT2D eigenvalue weighted by molar-refractivity contribution is 6.33. The van der Waals surface area contributed by atoms with Crippen LogP contribution in [0.15, 0.2) is 66.7 Å². The zero-order valence-electron chi connectivity index (χ0n) is 13.2. The van der Waals surface area contributed by atoms with Gasteiger partial charge in [0.25, 0.3) is 5.91 Å². The first-order valence-electron chi connectivity index (χ1n) is 7.59. The summed E-state index contributed by atoms with van der Waals surface area (Å²) in [6, 6.07) is 20.3. The van der Waals surface area contributed by atoms with Crippen molar-refractivity contribution >= 4 is 34.4 Å². The Labute approximate surface area is 149 Å². The largest absolute Gasteiger partial charge is 0.443 e. The zero-order valence-corrected chi connectivity index (χ0v) is 13.9. The Bertz CT molecular complexity index is 927. The number of fused-ring (bicyclic) bond motifs is 1. The fraction of sp³-hybridized carbons (Fsp3) is 0.0526. The Morgan fingerprint density at radius 1 is 0.880 bits per heavy atom. The molecule has 0 saturated carbocycles. The van der Waals surface area contributed by atoms with Gasteiger partial charge in [-0.3, -0.25) is 10.2 Å². The number of benzene rings is 3. The molecule has 2 N–H and O–H groups in total. The van der Waals surface area contributed by atoms with Gasteiger partial charge in [-0.2, -0.15) is 0 Å². The quantitative estimate of drug-likeness (QED) is 0.697. The molecule has 0 spiro atoms. The monoisotopic (exact) mass is 354 g/mol. The summed E-state index contributed by atoms with van der Waals surface area (Å²) in [5.41, 5.74) is 5.57.